The zero-order chi connectivity index (χ0) is 16.3. The number of sulfonamides is 1. The standard InChI is InChI=1S/C15H27N3O4S/c19-15(17-8-10-22-11-9-17)18-7-3-6-14(12-18)23(20,21)16-13-4-1-2-5-13/h13-14,16H,1-12H2. The molecule has 2 heterocycles. The summed E-state index contributed by atoms with van der Waals surface area (Å²) in [6.07, 6.45) is 5.44. The van der Waals surface area contributed by atoms with Gasteiger partial charge in [-0.2, -0.15) is 0 Å². The SMILES string of the molecule is O=C(N1CCOCC1)N1CCCC(S(=O)(=O)NC2CCCC2)C1. The molecule has 2 amide bonds. The maximum absolute atomic E-state index is 12.6. The number of nitrogens with one attached hydrogen (secondary N) is 1. The summed E-state index contributed by atoms with van der Waals surface area (Å²) in [6, 6.07) is 0.0411. The molecule has 0 spiro atoms. The van der Waals surface area contributed by atoms with Crippen LogP contribution in [0.2, 0.25) is 0 Å². The van der Waals surface area contributed by atoms with Crippen LogP contribution in [0, 0.1) is 0 Å². The largest absolute Gasteiger partial charge is 0.378 e. The molecule has 0 radical (unpaired) electrons. The molecule has 0 aromatic heterocycles. The van der Waals surface area contributed by atoms with Gasteiger partial charge in [0.05, 0.1) is 18.5 Å². The summed E-state index contributed by atoms with van der Waals surface area (Å²) in [5, 5.41) is -0.484. The van der Waals surface area contributed by atoms with Gasteiger partial charge in [0.1, 0.15) is 0 Å². The van der Waals surface area contributed by atoms with Crippen molar-refractivity contribution in [3.63, 3.8) is 0 Å². The lowest BCUT2D eigenvalue weighted by Gasteiger charge is -2.37. The number of carbonyl (C=O) groups excluding carboxylic acids is 1. The van der Waals surface area contributed by atoms with E-state index in [0.717, 1.165) is 32.1 Å². The van der Waals surface area contributed by atoms with Gasteiger partial charge in [-0.25, -0.2) is 17.9 Å². The van der Waals surface area contributed by atoms with Crippen LogP contribution in [0.5, 0.6) is 0 Å². The van der Waals surface area contributed by atoms with Gasteiger partial charge in [0, 0.05) is 32.2 Å². The van der Waals surface area contributed by atoms with Gasteiger partial charge in [0.15, 0.2) is 0 Å². The molecule has 0 bridgehead atoms. The zero-order valence-electron chi connectivity index (χ0n) is 13.6. The van der Waals surface area contributed by atoms with E-state index in [0.29, 0.717) is 45.8 Å². The monoisotopic (exact) mass is 345 g/mol. The first-order valence-corrected chi connectivity index (χ1v) is 10.2. The average molecular weight is 345 g/mol. The molecule has 0 aromatic carbocycles. The number of ether oxygens (including phenoxy) is 1. The Morgan fingerprint density at radius 3 is 2.35 bits per heavy atom. The van der Waals surface area contributed by atoms with Gasteiger partial charge in [-0.15, -0.1) is 0 Å². The lowest BCUT2D eigenvalue weighted by Crippen LogP contribution is -2.54. The second kappa shape index (κ2) is 7.36. The smallest absolute Gasteiger partial charge is 0.320 e. The Labute approximate surface area is 138 Å². The molecule has 1 unspecified atom stereocenters. The molecule has 2 aliphatic heterocycles. The van der Waals surface area contributed by atoms with E-state index in [4.69, 9.17) is 4.74 Å². The first-order chi connectivity index (χ1) is 11.1. The molecule has 1 atom stereocenters. The Hall–Kier alpha value is -0.860. The van der Waals surface area contributed by atoms with Gasteiger partial charge >= 0.3 is 6.03 Å². The minimum absolute atomic E-state index is 0.0472. The fraction of sp³-hybridized carbons (Fsp3) is 0.933. The fourth-order valence-corrected chi connectivity index (χ4v) is 5.44. The molecule has 8 heteroatoms. The maximum atomic E-state index is 12.6. The van der Waals surface area contributed by atoms with Crippen molar-refractivity contribution >= 4 is 16.1 Å². The molecule has 3 fully saturated rings. The first kappa shape index (κ1) is 17.0. The lowest BCUT2D eigenvalue weighted by molar-refractivity contribution is 0.0418. The Bertz CT molecular complexity index is 513. The Morgan fingerprint density at radius 1 is 0.957 bits per heavy atom. The highest BCUT2D eigenvalue weighted by molar-refractivity contribution is 7.90. The summed E-state index contributed by atoms with van der Waals surface area (Å²) in [4.78, 5) is 16.0. The van der Waals surface area contributed by atoms with Crippen LogP contribution < -0.4 is 4.72 Å². The van der Waals surface area contributed by atoms with E-state index >= 15 is 0 Å². The van der Waals surface area contributed by atoms with Crippen molar-refractivity contribution in [1.82, 2.24) is 14.5 Å². The van der Waals surface area contributed by atoms with Crippen molar-refractivity contribution in [2.75, 3.05) is 39.4 Å². The third-order valence-corrected chi connectivity index (χ3v) is 6.98. The van der Waals surface area contributed by atoms with E-state index in [1.807, 2.05) is 0 Å². The minimum atomic E-state index is -3.35. The van der Waals surface area contributed by atoms with Gasteiger partial charge < -0.3 is 14.5 Å². The minimum Gasteiger partial charge on any atom is -0.378 e. The summed E-state index contributed by atoms with van der Waals surface area (Å²) < 4.78 is 33.3. The predicted octanol–water partition coefficient (Wildman–Crippen LogP) is 0.765. The highest BCUT2D eigenvalue weighted by Crippen LogP contribution is 2.22. The van der Waals surface area contributed by atoms with Gasteiger partial charge in [0.25, 0.3) is 0 Å². The van der Waals surface area contributed by atoms with Crippen LogP contribution in [-0.4, -0.2) is 74.9 Å². The second-order valence-corrected chi connectivity index (χ2v) is 8.73. The molecular formula is C15H27N3O4S. The van der Waals surface area contributed by atoms with Crippen LogP contribution in [0.15, 0.2) is 0 Å². The topological polar surface area (TPSA) is 79.0 Å². The molecule has 0 aromatic rings. The van der Waals surface area contributed by atoms with Crippen LogP contribution in [0.25, 0.3) is 0 Å². The number of urea groups is 1. The molecule has 1 aliphatic carbocycles. The first-order valence-electron chi connectivity index (χ1n) is 8.69. The van der Waals surface area contributed by atoms with Crippen LogP contribution in [0.1, 0.15) is 38.5 Å². The summed E-state index contributed by atoms with van der Waals surface area (Å²) in [7, 11) is -3.35. The quantitative estimate of drug-likeness (QED) is 0.819. The van der Waals surface area contributed by atoms with E-state index in [1.54, 1.807) is 9.80 Å². The second-order valence-electron chi connectivity index (χ2n) is 6.74. The number of hydrogen-bond acceptors (Lipinski definition) is 4. The third kappa shape index (κ3) is 4.16. The van der Waals surface area contributed by atoms with Crippen molar-refractivity contribution in [3.05, 3.63) is 0 Å². The van der Waals surface area contributed by atoms with E-state index in [-0.39, 0.29) is 12.1 Å². The Morgan fingerprint density at radius 2 is 1.65 bits per heavy atom. The molecule has 7 nitrogen and oxygen atoms in total. The highest BCUT2D eigenvalue weighted by atomic mass is 32.2. The van der Waals surface area contributed by atoms with E-state index in [9.17, 15) is 13.2 Å². The zero-order valence-corrected chi connectivity index (χ0v) is 14.4. The van der Waals surface area contributed by atoms with Crippen molar-refractivity contribution in [3.8, 4) is 0 Å². The molecule has 1 saturated carbocycles. The van der Waals surface area contributed by atoms with Crippen molar-refractivity contribution < 1.29 is 17.9 Å². The van der Waals surface area contributed by atoms with Crippen molar-refractivity contribution in [2.45, 2.75) is 49.8 Å². The van der Waals surface area contributed by atoms with E-state index < -0.39 is 15.3 Å². The molecule has 132 valence electrons. The van der Waals surface area contributed by atoms with Crippen LogP contribution >= 0.6 is 0 Å². The summed E-state index contributed by atoms with van der Waals surface area (Å²) in [5.74, 6) is 0. The third-order valence-electron chi connectivity index (χ3n) is 5.06. The van der Waals surface area contributed by atoms with Gasteiger partial charge in [0.2, 0.25) is 10.0 Å². The molecule has 3 aliphatic rings. The van der Waals surface area contributed by atoms with Crippen LogP contribution in [0.4, 0.5) is 4.79 Å². The molecular weight excluding hydrogens is 318 g/mol. The van der Waals surface area contributed by atoms with Crippen molar-refractivity contribution in [2.24, 2.45) is 0 Å². The summed E-state index contributed by atoms with van der Waals surface area (Å²) in [5.41, 5.74) is 0. The normalized spacial score (nSPS) is 27.4. The van der Waals surface area contributed by atoms with Gasteiger partial charge in [-0.1, -0.05) is 12.8 Å². The number of rotatable bonds is 3. The number of carbonyl (C=O) groups is 1. The van der Waals surface area contributed by atoms with Gasteiger partial charge in [-0.3, -0.25) is 0 Å². The number of amides is 2. The predicted molar refractivity (Wildman–Crippen MR) is 86.7 cm³/mol. The van der Waals surface area contributed by atoms with Crippen LogP contribution in [-0.2, 0) is 14.8 Å². The summed E-state index contributed by atoms with van der Waals surface area (Å²) >= 11 is 0. The average Bonchev–Trinajstić information content (AvgIpc) is 3.07. The number of morpholine rings is 1. The molecule has 1 N–H and O–H groups in total. The maximum Gasteiger partial charge on any atom is 0.320 e. The number of hydrogen-bond donors (Lipinski definition) is 1. The van der Waals surface area contributed by atoms with Crippen molar-refractivity contribution in [1.29, 1.82) is 0 Å². The van der Waals surface area contributed by atoms with E-state index in [2.05, 4.69) is 4.72 Å². The molecule has 3 rings (SSSR count). The number of nitrogens with zero attached hydrogens (tertiary/aromatic N) is 2. The fourth-order valence-electron chi connectivity index (χ4n) is 3.69. The molecule has 2 saturated heterocycles. The summed E-state index contributed by atoms with van der Waals surface area (Å²) in [6.45, 7) is 3.25. The number of piperidine rings is 1. The Kier molecular flexibility index (Phi) is 5.43. The highest BCUT2D eigenvalue weighted by Gasteiger charge is 2.35. The lowest BCUT2D eigenvalue weighted by atomic mass is 10.1. The molecule has 23 heavy (non-hydrogen) atoms. The van der Waals surface area contributed by atoms with E-state index in [1.165, 1.54) is 0 Å². The van der Waals surface area contributed by atoms with Gasteiger partial charge in [-0.05, 0) is 25.7 Å². The van der Waals surface area contributed by atoms with Crippen LogP contribution in [0.3, 0.4) is 0 Å². The number of likely N-dealkylation sites (tertiary alicyclic amines) is 1. The Balaban J connectivity index is 1.59.